The van der Waals surface area contributed by atoms with Gasteiger partial charge in [-0.05, 0) is 59.5 Å². The first-order valence-electron chi connectivity index (χ1n) is 10.9. The van der Waals surface area contributed by atoms with Gasteiger partial charge < -0.3 is 30.1 Å². The summed E-state index contributed by atoms with van der Waals surface area (Å²) in [6, 6.07) is 19.2. The number of rotatable bonds is 12. The van der Waals surface area contributed by atoms with Crippen molar-refractivity contribution < 1.29 is 29.6 Å². The van der Waals surface area contributed by atoms with Crippen LogP contribution in [0.25, 0.3) is 11.1 Å². The normalized spacial score (nSPS) is 11.4. The highest BCUT2D eigenvalue weighted by molar-refractivity contribution is 5.92. The summed E-state index contributed by atoms with van der Waals surface area (Å²) in [7, 11) is 0. The first kappa shape index (κ1) is 27.0. The molecule has 0 aromatic heterocycles. The first-order chi connectivity index (χ1) is 16.0. The Morgan fingerprint density at radius 2 is 1.71 bits per heavy atom. The van der Waals surface area contributed by atoms with Crippen LogP contribution in [0.3, 0.4) is 0 Å². The highest BCUT2D eigenvalue weighted by Gasteiger charge is 2.13. The van der Waals surface area contributed by atoms with E-state index in [1.165, 1.54) is 0 Å². The van der Waals surface area contributed by atoms with E-state index in [0.717, 1.165) is 17.5 Å². The van der Waals surface area contributed by atoms with Crippen molar-refractivity contribution in [3.8, 4) is 28.4 Å². The predicted molar refractivity (Wildman–Crippen MR) is 133 cm³/mol. The van der Waals surface area contributed by atoms with Gasteiger partial charge in [-0.2, -0.15) is 0 Å². The van der Waals surface area contributed by atoms with Gasteiger partial charge in [-0.3, -0.25) is 0 Å². The lowest BCUT2D eigenvalue weighted by Gasteiger charge is -2.13. The molecule has 8 heteroatoms. The second kappa shape index (κ2) is 13.4. The summed E-state index contributed by atoms with van der Waals surface area (Å²) < 4.78 is 11.4. The lowest BCUT2D eigenvalue weighted by Crippen LogP contribution is -2.26. The van der Waals surface area contributed by atoms with Crippen molar-refractivity contribution in [2.75, 3.05) is 26.3 Å². The number of hydrogen-bond acceptors (Lipinski definition) is 6. The molecular weight excluding hydrogens is 458 g/mol. The summed E-state index contributed by atoms with van der Waals surface area (Å²) in [5, 5.41) is 32.1. The molecule has 1 atom stereocenters. The third-order valence-electron chi connectivity index (χ3n) is 5.00. The van der Waals surface area contributed by atoms with Crippen molar-refractivity contribution in [3.05, 3.63) is 77.9 Å². The maximum absolute atomic E-state index is 11.4. The fourth-order valence-electron chi connectivity index (χ4n) is 3.28. The Labute approximate surface area is 205 Å². The smallest absolute Gasteiger partial charge is 0.339 e. The lowest BCUT2D eigenvalue weighted by molar-refractivity contribution is 0.0692. The molecule has 0 fully saturated rings. The van der Waals surface area contributed by atoms with E-state index < -0.39 is 12.1 Å². The van der Waals surface area contributed by atoms with E-state index >= 15 is 0 Å². The molecular formula is C26H30ClNO6. The zero-order valence-corrected chi connectivity index (χ0v) is 19.8. The van der Waals surface area contributed by atoms with E-state index in [0.29, 0.717) is 43.4 Å². The Morgan fingerprint density at radius 3 is 2.38 bits per heavy atom. The summed E-state index contributed by atoms with van der Waals surface area (Å²) in [5.41, 5.74) is 2.58. The molecule has 182 valence electrons. The van der Waals surface area contributed by atoms with Crippen LogP contribution in [-0.2, 0) is 0 Å². The number of aromatic carboxylic acids is 1. The zero-order chi connectivity index (χ0) is 23.6. The SMILES string of the molecule is CCCOc1cc(-c2ccc(OCCNC[C@H](O)c3cccc(O)c3)cc2)ccc1C(=O)O.Cl. The van der Waals surface area contributed by atoms with Gasteiger partial charge in [0.2, 0.25) is 0 Å². The van der Waals surface area contributed by atoms with Crippen molar-refractivity contribution in [1.29, 1.82) is 0 Å². The quantitative estimate of drug-likeness (QED) is 0.275. The topological polar surface area (TPSA) is 108 Å². The minimum absolute atomic E-state index is 0. The van der Waals surface area contributed by atoms with Gasteiger partial charge in [-0.1, -0.05) is 37.3 Å². The van der Waals surface area contributed by atoms with Crippen LogP contribution >= 0.6 is 12.4 Å². The summed E-state index contributed by atoms with van der Waals surface area (Å²) >= 11 is 0. The Kier molecular flexibility index (Phi) is 10.7. The number of phenolic OH excluding ortho intramolecular Hbond substituents is 1. The monoisotopic (exact) mass is 487 g/mol. The number of carbonyl (C=O) groups is 1. The van der Waals surface area contributed by atoms with Crippen LogP contribution in [-0.4, -0.2) is 47.6 Å². The molecule has 7 nitrogen and oxygen atoms in total. The van der Waals surface area contributed by atoms with Gasteiger partial charge in [0, 0.05) is 13.1 Å². The van der Waals surface area contributed by atoms with Crippen LogP contribution in [0.5, 0.6) is 17.2 Å². The number of aliphatic hydroxyl groups is 1. The average Bonchev–Trinajstić information content (AvgIpc) is 2.82. The Bertz CT molecular complexity index is 1060. The second-order valence-electron chi connectivity index (χ2n) is 7.55. The number of ether oxygens (including phenoxy) is 2. The third kappa shape index (κ3) is 7.66. The van der Waals surface area contributed by atoms with Gasteiger partial charge in [0.15, 0.2) is 0 Å². The van der Waals surface area contributed by atoms with Gasteiger partial charge in [0.25, 0.3) is 0 Å². The first-order valence-corrected chi connectivity index (χ1v) is 10.9. The molecule has 0 saturated heterocycles. The minimum atomic E-state index is -1.01. The maximum atomic E-state index is 11.4. The standard InChI is InChI=1S/C26H29NO6.ClH/c1-2-13-33-25-16-19(8-11-23(25)26(30)31)18-6-9-22(10-7-18)32-14-12-27-17-24(29)20-4-3-5-21(28)15-20;/h3-11,15-16,24,27-29H,2,12-14,17H2,1H3,(H,30,31);1H/t24-;/m0./s1. The summed E-state index contributed by atoms with van der Waals surface area (Å²) in [5.74, 6) is 0.181. The van der Waals surface area contributed by atoms with Gasteiger partial charge in [-0.25, -0.2) is 4.79 Å². The van der Waals surface area contributed by atoms with Crippen molar-refractivity contribution in [1.82, 2.24) is 5.32 Å². The highest BCUT2D eigenvalue weighted by Crippen LogP contribution is 2.29. The van der Waals surface area contributed by atoms with Crippen LogP contribution in [0.2, 0.25) is 0 Å². The summed E-state index contributed by atoms with van der Waals surface area (Å²) in [6.45, 7) is 3.74. The van der Waals surface area contributed by atoms with Gasteiger partial charge in [0.05, 0.1) is 12.7 Å². The average molecular weight is 488 g/mol. The molecule has 0 spiro atoms. The van der Waals surface area contributed by atoms with Crippen LogP contribution < -0.4 is 14.8 Å². The van der Waals surface area contributed by atoms with Gasteiger partial charge in [-0.15, -0.1) is 12.4 Å². The number of benzene rings is 3. The number of hydrogen-bond donors (Lipinski definition) is 4. The van der Waals surface area contributed by atoms with Crippen molar-refractivity contribution >= 4 is 18.4 Å². The number of carboxylic acids is 1. The van der Waals surface area contributed by atoms with E-state index in [1.807, 2.05) is 31.2 Å². The molecule has 0 unspecified atom stereocenters. The fourth-order valence-corrected chi connectivity index (χ4v) is 3.28. The van der Waals surface area contributed by atoms with Crippen molar-refractivity contribution in [3.63, 3.8) is 0 Å². The molecule has 0 amide bonds. The number of aliphatic hydroxyl groups excluding tert-OH is 1. The minimum Gasteiger partial charge on any atom is -0.508 e. The van der Waals surface area contributed by atoms with Gasteiger partial charge in [0.1, 0.15) is 29.4 Å². The number of phenols is 1. The van der Waals surface area contributed by atoms with Crippen molar-refractivity contribution in [2.45, 2.75) is 19.4 Å². The Morgan fingerprint density at radius 1 is 0.971 bits per heavy atom. The van der Waals surface area contributed by atoms with Crippen molar-refractivity contribution in [2.24, 2.45) is 0 Å². The van der Waals surface area contributed by atoms with Crippen LogP contribution in [0.4, 0.5) is 0 Å². The molecule has 0 radical (unpaired) electrons. The van der Waals surface area contributed by atoms with Crippen LogP contribution in [0, 0.1) is 0 Å². The van der Waals surface area contributed by atoms with Gasteiger partial charge >= 0.3 is 5.97 Å². The number of halogens is 1. The third-order valence-corrected chi connectivity index (χ3v) is 5.00. The van der Waals surface area contributed by atoms with E-state index in [-0.39, 0.29) is 23.7 Å². The molecule has 3 aromatic rings. The highest BCUT2D eigenvalue weighted by atomic mass is 35.5. The molecule has 0 bridgehead atoms. The Balaban J connectivity index is 0.00000408. The molecule has 0 aliphatic carbocycles. The van der Waals surface area contributed by atoms with Crippen LogP contribution in [0.1, 0.15) is 35.4 Å². The molecule has 0 aliphatic rings. The van der Waals surface area contributed by atoms with Crippen LogP contribution in [0.15, 0.2) is 66.7 Å². The summed E-state index contributed by atoms with van der Waals surface area (Å²) in [4.78, 5) is 11.4. The van der Waals surface area contributed by atoms with E-state index in [4.69, 9.17) is 9.47 Å². The number of aromatic hydroxyl groups is 1. The van der Waals surface area contributed by atoms with E-state index in [2.05, 4.69) is 5.32 Å². The second-order valence-corrected chi connectivity index (χ2v) is 7.55. The molecule has 0 aliphatic heterocycles. The molecule has 3 rings (SSSR count). The van der Waals surface area contributed by atoms with E-state index in [1.54, 1.807) is 42.5 Å². The predicted octanol–water partition coefficient (Wildman–Crippen LogP) is 4.67. The molecule has 34 heavy (non-hydrogen) atoms. The molecule has 4 N–H and O–H groups in total. The number of carboxylic acid groups (broad SMARTS) is 1. The number of nitrogens with one attached hydrogen (secondary N) is 1. The maximum Gasteiger partial charge on any atom is 0.339 e. The molecule has 0 heterocycles. The lowest BCUT2D eigenvalue weighted by atomic mass is 10.0. The zero-order valence-electron chi connectivity index (χ0n) is 18.9. The van der Waals surface area contributed by atoms with E-state index in [9.17, 15) is 20.1 Å². The molecule has 0 saturated carbocycles. The fraction of sp³-hybridized carbons (Fsp3) is 0.269. The largest absolute Gasteiger partial charge is 0.508 e. The molecule has 3 aromatic carbocycles. The summed E-state index contributed by atoms with van der Waals surface area (Å²) in [6.07, 6.45) is 0.0778. The Hall–Kier alpha value is -3.26.